The zero-order valence-electron chi connectivity index (χ0n) is 15.9. The molecule has 0 spiro atoms. The van der Waals surface area contributed by atoms with Gasteiger partial charge >= 0.3 is 0 Å². The Morgan fingerprint density at radius 2 is 2.11 bits per heavy atom. The number of allylic oxidation sites excluding steroid dienone is 1. The van der Waals surface area contributed by atoms with Crippen LogP contribution in [-0.2, 0) is 17.8 Å². The van der Waals surface area contributed by atoms with Gasteiger partial charge in [-0.2, -0.15) is 0 Å². The van der Waals surface area contributed by atoms with Crippen molar-refractivity contribution in [2.24, 2.45) is 0 Å². The molecule has 146 valence electrons. The average molecular weight is 397 g/mol. The first-order chi connectivity index (χ1) is 13.7. The molecule has 2 heterocycles. The van der Waals surface area contributed by atoms with Gasteiger partial charge in [-0.1, -0.05) is 43.3 Å². The number of amides is 1. The number of benzene rings is 1. The van der Waals surface area contributed by atoms with Gasteiger partial charge in [-0.05, 0) is 42.7 Å². The molecular weight excluding hydrogens is 372 g/mol. The smallest absolute Gasteiger partial charge is 0.234 e. The first-order valence-electron chi connectivity index (χ1n) is 9.30. The second-order valence-corrected chi connectivity index (χ2v) is 7.26. The number of hydrogen-bond donors (Lipinski definition) is 1. The molecule has 3 aromatic rings. The second-order valence-electron chi connectivity index (χ2n) is 6.32. The molecule has 2 aromatic heterocycles. The molecule has 1 aromatic carbocycles. The monoisotopic (exact) mass is 396 g/mol. The van der Waals surface area contributed by atoms with E-state index in [2.05, 4.69) is 41.1 Å². The number of hydrogen-bond acceptors (Lipinski definition) is 5. The quantitative estimate of drug-likeness (QED) is 0.394. The molecule has 28 heavy (non-hydrogen) atoms. The molecule has 1 amide bonds. The Balaban J connectivity index is 1.59. The van der Waals surface area contributed by atoms with Gasteiger partial charge in [-0.3, -0.25) is 9.36 Å². The van der Waals surface area contributed by atoms with Crippen molar-refractivity contribution in [1.82, 2.24) is 14.8 Å². The maximum atomic E-state index is 12.3. The summed E-state index contributed by atoms with van der Waals surface area (Å²) < 4.78 is 7.29. The SMILES string of the molecule is C=CCn1c(SCC(=O)Nc2ccc(CCCC)cc2)nnc1-c1ccco1. The van der Waals surface area contributed by atoms with Crippen LogP contribution in [0.4, 0.5) is 5.69 Å². The predicted octanol–water partition coefficient (Wildman–Crippen LogP) is 4.80. The molecule has 0 bridgehead atoms. The van der Waals surface area contributed by atoms with Crippen LogP contribution in [0.15, 0.2) is 64.9 Å². The van der Waals surface area contributed by atoms with E-state index < -0.39 is 0 Å². The van der Waals surface area contributed by atoms with Crippen molar-refractivity contribution in [3.8, 4) is 11.6 Å². The van der Waals surface area contributed by atoms with Gasteiger partial charge in [0.25, 0.3) is 0 Å². The lowest BCUT2D eigenvalue weighted by Gasteiger charge is -2.08. The third-order valence-corrected chi connectivity index (χ3v) is 5.13. The van der Waals surface area contributed by atoms with E-state index in [1.54, 1.807) is 18.4 Å². The molecule has 0 saturated heterocycles. The summed E-state index contributed by atoms with van der Waals surface area (Å²) in [5.41, 5.74) is 2.09. The molecule has 0 aliphatic rings. The number of carbonyl (C=O) groups excluding carboxylic acids is 1. The average Bonchev–Trinajstić information content (AvgIpc) is 3.36. The van der Waals surface area contributed by atoms with E-state index in [0.717, 1.165) is 12.1 Å². The van der Waals surface area contributed by atoms with Crippen LogP contribution >= 0.6 is 11.8 Å². The molecule has 7 heteroatoms. The van der Waals surface area contributed by atoms with Crippen molar-refractivity contribution in [3.63, 3.8) is 0 Å². The maximum Gasteiger partial charge on any atom is 0.234 e. The maximum absolute atomic E-state index is 12.3. The summed E-state index contributed by atoms with van der Waals surface area (Å²) in [6.45, 7) is 6.49. The van der Waals surface area contributed by atoms with Crippen molar-refractivity contribution in [3.05, 3.63) is 60.9 Å². The summed E-state index contributed by atoms with van der Waals surface area (Å²) in [7, 11) is 0. The topological polar surface area (TPSA) is 73.0 Å². The molecule has 6 nitrogen and oxygen atoms in total. The number of nitrogens with zero attached hydrogens (tertiary/aromatic N) is 3. The number of carbonyl (C=O) groups is 1. The Kier molecular flexibility index (Phi) is 7.08. The van der Waals surface area contributed by atoms with Crippen LogP contribution in [0.2, 0.25) is 0 Å². The van der Waals surface area contributed by atoms with Gasteiger partial charge in [-0.25, -0.2) is 0 Å². The zero-order valence-corrected chi connectivity index (χ0v) is 16.7. The van der Waals surface area contributed by atoms with Gasteiger partial charge < -0.3 is 9.73 Å². The van der Waals surface area contributed by atoms with Gasteiger partial charge in [0.05, 0.1) is 12.0 Å². The summed E-state index contributed by atoms with van der Waals surface area (Å²) in [5, 5.41) is 12.0. The Hall–Kier alpha value is -2.80. The first kappa shape index (κ1) is 19.9. The van der Waals surface area contributed by atoms with E-state index in [-0.39, 0.29) is 11.7 Å². The molecule has 0 fully saturated rings. The molecule has 0 radical (unpaired) electrons. The lowest BCUT2D eigenvalue weighted by atomic mass is 10.1. The molecule has 3 rings (SSSR count). The van der Waals surface area contributed by atoms with Crippen molar-refractivity contribution < 1.29 is 9.21 Å². The summed E-state index contributed by atoms with van der Waals surface area (Å²) in [6, 6.07) is 11.7. The van der Waals surface area contributed by atoms with Gasteiger partial charge in [0.1, 0.15) is 0 Å². The molecule has 0 aliphatic heterocycles. The molecule has 0 unspecified atom stereocenters. The van der Waals surface area contributed by atoms with Crippen LogP contribution in [-0.4, -0.2) is 26.4 Å². The van der Waals surface area contributed by atoms with E-state index in [1.807, 2.05) is 22.8 Å². The van der Waals surface area contributed by atoms with E-state index in [4.69, 9.17) is 4.42 Å². The lowest BCUT2D eigenvalue weighted by molar-refractivity contribution is -0.113. The van der Waals surface area contributed by atoms with Crippen LogP contribution in [0, 0.1) is 0 Å². The highest BCUT2D eigenvalue weighted by Gasteiger charge is 2.16. The first-order valence-corrected chi connectivity index (χ1v) is 10.3. The van der Waals surface area contributed by atoms with Crippen LogP contribution in [0.1, 0.15) is 25.3 Å². The summed E-state index contributed by atoms with van der Waals surface area (Å²) in [6.07, 6.45) is 6.77. The summed E-state index contributed by atoms with van der Waals surface area (Å²) in [5.74, 6) is 1.41. The van der Waals surface area contributed by atoms with Gasteiger partial charge in [0.2, 0.25) is 11.7 Å². The number of rotatable bonds is 10. The van der Waals surface area contributed by atoms with Crippen molar-refractivity contribution >= 4 is 23.4 Å². The number of aryl methyl sites for hydroxylation is 1. The highest BCUT2D eigenvalue weighted by Crippen LogP contribution is 2.24. The number of aromatic nitrogens is 3. The number of anilines is 1. The normalized spacial score (nSPS) is 10.8. The Morgan fingerprint density at radius 3 is 2.79 bits per heavy atom. The summed E-state index contributed by atoms with van der Waals surface area (Å²) in [4.78, 5) is 12.3. The van der Waals surface area contributed by atoms with Crippen LogP contribution in [0.3, 0.4) is 0 Å². The highest BCUT2D eigenvalue weighted by atomic mass is 32.2. The molecule has 0 aliphatic carbocycles. The molecule has 0 saturated carbocycles. The minimum atomic E-state index is -0.0843. The van der Waals surface area contributed by atoms with Crippen LogP contribution < -0.4 is 5.32 Å². The van der Waals surface area contributed by atoms with Crippen LogP contribution in [0.5, 0.6) is 0 Å². The Morgan fingerprint density at radius 1 is 1.29 bits per heavy atom. The Bertz CT molecular complexity index is 901. The minimum absolute atomic E-state index is 0.0843. The van der Waals surface area contributed by atoms with Gasteiger partial charge in [0, 0.05) is 12.2 Å². The molecule has 0 atom stereocenters. The minimum Gasteiger partial charge on any atom is -0.461 e. The fraction of sp³-hybridized carbons (Fsp3) is 0.286. The van der Waals surface area contributed by atoms with Crippen molar-refractivity contribution in [2.75, 3.05) is 11.1 Å². The lowest BCUT2D eigenvalue weighted by Crippen LogP contribution is -2.14. The molecular formula is C21H24N4O2S. The van der Waals surface area contributed by atoms with E-state index in [9.17, 15) is 4.79 Å². The van der Waals surface area contributed by atoms with E-state index >= 15 is 0 Å². The fourth-order valence-corrected chi connectivity index (χ4v) is 3.49. The van der Waals surface area contributed by atoms with Crippen molar-refractivity contribution in [2.45, 2.75) is 37.9 Å². The largest absolute Gasteiger partial charge is 0.461 e. The third kappa shape index (κ3) is 5.13. The number of thioether (sulfide) groups is 1. The van der Waals surface area contributed by atoms with E-state index in [0.29, 0.717) is 23.3 Å². The van der Waals surface area contributed by atoms with Gasteiger partial charge in [-0.15, -0.1) is 16.8 Å². The predicted molar refractivity (Wildman–Crippen MR) is 112 cm³/mol. The Labute approximate surface area is 169 Å². The van der Waals surface area contributed by atoms with Crippen LogP contribution in [0.25, 0.3) is 11.6 Å². The highest BCUT2D eigenvalue weighted by molar-refractivity contribution is 7.99. The number of furan rings is 1. The second kappa shape index (κ2) is 9.94. The van der Waals surface area contributed by atoms with Crippen molar-refractivity contribution in [1.29, 1.82) is 0 Å². The standard InChI is InChI=1S/C21H24N4O2S/c1-3-5-7-16-9-11-17(12-10-16)22-19(26)15-28-21-24-23-20(25(21)13-4-2)18-8-6-14-27-18/h4,6,8-12,14H,2-3,5,7,13,15H2,1H3,(H,22,26). The van der Waals surface area contributed by atoms with E-state index in [1.165, 1.54) is 30.2 Å². The third-order valence-electron chi connectivity index (χ3n) is 4.16. The zero-order chi connectivity index (χ0) is 19.8. The fourth-order valence-electron chi connectivity index (χ4n) is 2.74. The summed E-state index contributed by atoms with van der Waals surface area (Å²) >= 11 is 1.33. The number of nitrogens with one attached hydrogen (secondary N) is 1. The molecule has 1 N–H and O–H groups in total. The number of unbranched alkanes of at least 4 members (excludes halogenated alkanes) is 1. The van der Waals surface area contributed by atoms with Gasteiger partial charge in [0.15, 0.2) is 10.9 Å².